The Kier molecular flexibility index (Phi) is 12.6. The van der Waals surface area contributed by atoms with E-state index in [0.717, 1.165) is 0 Å². The first kappa shape index (κ1) is 24.3. The Bertz CT molecular complexity index is 536. The largest absolute Gasteiger partial charge is 0.480 e. The second-order valence-corrected chi connectivity index (χ2v) is 6.93. The predicted molar refractivity (Wildman–Crippen MR) is 102 cm³/mol. The lowest BCUT2D eigenvalue weighted by atomic mass is 9.76. The van der Waals surface area contributed by atoms with Crippen LogP contribution in [-0.4, -0.2) is 68.1 Å². The third-order valence-electron chi connectivity index (χ3n) is 3.14. The van der Waals surface area contributed by atoms with Crippen LogP contribution in [0.3, 0.4) is 0 Å². The van der Waals surface area contributed by atoms with Crippen molar-refractivity contribution in [3.05, 3.63) is 24.3 Å². The number of carboxylic acids is 1. The number of nitrogens with two attached hydrogens (primary N) is 1. The van der Waals surface area contributed by atoms with E-state index < -0.39 is 31.0 Å². The minimum Gasteiger partial charge on any atom is -0.480 e. The highest BCUT2D eigenvalue weighted by Crippen LogP contribution is 2.03. The van der Waals surface area contributed by atoms with Crippen molar-refractivity contribution in [2.45, 2.75) is 38.7 Å². The molecule has 2 atom stereocenters. The third-order valence-corrected chi connectivity index (χ3v) is 3.78. The molecule has 1 aromatic rings. The monoisotopic (exact) mass is 386 g/mol. The second-order valence-electron chi connectivity index (χ2n) is 5.94. The van der Waals surface area contributed by atoms with Gasteiger partial charge in [0.1, 0.15) is 11.7 Å². The van der Waals surface area contributed by atoms with Crippen LogP contribution in [0.15, 0.2) is 18.6 Å². The number of nitrogens with zero attached hydrogens (tertiary/aromatic N) is 2. The molecule has 0 fully saturated rings. The summed E-state index contributed by atoms with van der Waals surface area (Å²) in [5, 5.41) is 28.3. The molecule has 1 aromatic heterocycles. The minimum atomic E-state index is -1.37. The average Bonchev–Trinajstić information content (AvgIpc) is 2.58. The average molecular weight is 386 g/mol. The lowest BCUT2D eigenvalue weighted by Crippen LogP contribution is -2.41. The zero-order valence-corrected chi connectivity index (χ0v) is 16.0. The van der Waals surface area contributed by atoms with Crippen molar-refractivity contribution >= 4 is 30.8 Å². The van der Waals surface area contributed by atoms with Gasteiger partial charge >= 0.3 is 13.1 Å². The van der Waals surface area contributed by atoms with Crippen LogP contribution in [0.2, 0.25) is 0 Å². The van der Waals surface area contributed by atoms with E-state index in [1.54, 1.807) is 0 Å². The molecule has 0 saturated carbocycles. The highest BCUT2D eigenvalue weighted by atomic mass is 32.2. The Morgan fingerprint density at radius 2 is 2.00 bits per heavy atom. The van der Waals surface area contributed by atoms with E-state index in [1.165, 1.54) is 30.4 Å². The Morgan fingerprint density at radius 3 is 2.38 bits per heavy atom. The molecule has 0 aliphatic heterocycles. The van der Waals surface area contributed by atoms with Gasteiger partial charge in [-0.2, -0.15) is 11.8 Å². The van der Waals surface area contributed by atoms with Crippen LogP contribution in [0.1, 0.15) is 37.2 Å². The van der Waals surface area contributed by atoms with Crippen molar-refractivity contribution in [3.8, 4) is 0 Å². The predicted octanol–water partition coefficient (Wildman–Crippen LogP) is -0.215. The van der Waals surface area contributed by atoms with Crippen LogP contribution in [-0.2, 0) is 4.79 Å². The molecule has 9 nitrogen and oxygen atoms in total. The summed E-state index contributed by atoms with van der Waals surface area (Å²) >= 11 is 1.53. The fourth-order valence-corrected chi connectivity index (χ4v) is 2.28. The van der Waals surface area contributed by atoms with Gasteiger partial charge in [0.15, 0.2) is 0 Å². The summed E-state index contributed by atoms with van der Waals surface area (Å²) in [6, 6.07) is -0.892. The van der Waals surface area contributed by atoms with Crippen LogP contribution < -0.4 is 11.1 Å². The molecule has 0 aliphatic rings. The van der Waals surface area contributed by atoms with E-state index in [4.69, 9.17) is 20.9 Å². The first-order valence-corrected chi connectivity index (χ1v) is 9.48. The van der Waals surface area contributed by atoms with Crippen LogP contribution in [0.5, 0.6) is 0 Å². The van der Waals surface area contributed by atoms with E-state index in [9.17, 15) is 9.59 Å². The molecule has 1 amide bonds. The molecule has 0 aromatic carbocycles. The lowest BCUT2D eigenvalue weighted by molar-refractivity contribution is -0.139. The quantitative estimate of drug-likeness (QED) is 0.362. The maximum atomic E-state index is 11.6. The van der Waals surface area contributed by atoms with Gasteiger partial charge in [-0.25, -0.2) is 9.78 Å². The molecule has 26 heavy (non-hydrogen) atoms. The highest BCUT2D eigenvalue weighted by Gasteiger charge is 2.20. The number of aliphatic carboxylic acids is 1. The molecule has 0 unspecified atom stereocenters. The third kappa shape index (κ3) is 11.0. The first-order valence-electron chi connectivity index (χ1n) is 8.09. The summed E-state index contributed by atoms with van der Waals surface area (Å²) in [6.45, 7) is 3.98. The van der Waals surface area contributed by atoms with Crippen molar-refractivity contribution in [1.29, 1.82) is 0 Å². The number of carboxylic acid groups (broad SMARTS) is 1. The van der Waals surface area contributed by atoms with Gasteiger partial charge in [0.05, 0.1) is 6.20 Å². The van der Waals surface area contributed by atoms with Crippen LogP contribution >= 0.6 is 11.8 Å². The Labute approximate surface area is 158 Å². The topological polar surface area (TPSA) is 159 Å². The van der Waals surface area contributed by atoms with Gasteiger partial charge < -0.3 is 26.2 Å². The zero-order valence-electron chi connectivity index (χ0n) is 15.2. The number of rotatable bonds is 9. The molecule has 1 rings (SSSR count). The maximum absolute atomic E-state index is 11.6. The fraction of sp³-hybridized carbons (Fsp3) is 0.600. The molecule has 0 bridgehead atoms. The Hall–Kier alpha value is -1.69. The van der Waals surface area contributed by atoms with Crippen LogP contribution in [0.25, 0.3) is 0 Å². The number of carbonyl (C=O) groups is 2. The van der Waals surface area contributed by atoms with E-state index >= 15 is 0 Å². The van der Waals surface area contributed by atoms with Gasteiger partial charge in [-0.05, 0) is 30.8 Å². The summed E-state index contributed by atoms with van der Waals surface area (Å²) in [7, 11) is -1.37. The molecule has 0 saturated heterocycles. The maximum Gasteiger partial charge on any atom is 0.469 e. The zero-order chi connectivity index (χ0) is 20.1. The molecule has 146 valence electrons. The normalized spacial score (nSPS) is 12.6. The van der Waals surface area contributed by atoms with Crippen LogP contribution in [0.4, 0.5) is 0 Å². The number of thioether (sulfide) groups is 1. The smallest absolute Gasteiger partial charge is 0.469 e. The van der Waals surface area contributed by atoms with Crippen LogP contribution in [0, 0.1) is 5.92 Å². The van der Waals surface area contributed by atoms with Gasteiger partial charge in [0.2, 0.25) is 0 Å². The molecular formula is C15H27BN4O5S. The summed E-state index contributed by atoms with van der Waals surface area (Å²) in [6.07, 6.45) is 7.03. The van der Waals surface area contributed by atoms with Crippen molar-refractivity contribution in [1.82, 2.24) is 15.3 Å². The summed E-state index contributed by atoms with van der Waals surface area (Å²) in [5.74, 6) is -0.979. The molecule has 0 radical (unpaired) electrons. The highest BCUT2D eigenvalue weighted by molar-refractivity contribution is 7.98. The Morgan fingerprint density at radius 1 is 1.35 bits per heavy atom. The van der Waals surface area contributed by atoms with Crippen molar-refractivity contribution in [2.24, 2.45) is 11.7 Å². The number of nitrogens with one attached hydrogen (secondary N) is 1. The first-order chi connectivity index (χ1) is 12.2. The number of hydrogen-bond acceptors (Lipinski definition) is 8. The lowest BCUT2D eigenvalue weighted by Gasteiger charge is -2.13. The van der Waals surface area contributed by atoms with E-state index in [0.29, 0.717) is 24.5 Å². The summed E-state index contributed by atoms with van der Waals surface area (Å²) in [5.41, 5.74) is 5.43. The number of aromatic nitrogens is 2. The number of carbonyl (C=O) groups excluding carboxylic acids is 1. The van der Waals surface area contributed by atoms with Crippen molar-refractivity contribution in [2.75, 3.05) is 12.0 Å². The van der Waals surface area contributed by atoms with E-state index in [1.807, 2.05) is 20.1 Å². The Balaban J connectivity index is 0.000000590. The van der Waals surface area contributed by atoms with Gasteiger partial charge in [-0.1, -0.05) is 13.8 Å². The molecular weight excluding hydrogens is 359 g/mol. The van der Waals surface area contributed by atoms with Gasteiger partial charge in [-0.15, -0.1) is 0 Å². The van der Waals surface area contributed by atoms with Gasteiger partial charge in [-0.3, -0.25) is 9.78 Å². The summed E-state index contributed by atoms with van der Waals surface area (Å²) in [4.78, 5) is 30.1. The fourth-order valence-electron chi connectivity index (χ4n) is 1.81. The second kappa shape index (κ2) is 13.5. The standard InChI is InChI=1S/C10H13N3O3S.C5H14BNO2/c1-17-5-2-7(10(15)16)13-9(14)8-6-11-3-4-12-8;1-4(2)3-5(7)6(8)9/h3-4,6-7H,2,5H2,1H3,(H,13,14)(H,15,16);4-5,8-9H,3,7H2,1-2H3/t7-;5-/m00/s1. The summed E-state index contributed by atoms with van der Waals surface area (Å²) < 4.78 is 0. The van der Waals surface area contributed by atoms with Gasteiger partial charge in [0.25, 0.3) is 5.91 Å². The molecule has 0 aliphatic carbocycles. The van der Waals surface area contributed by atoms with Crippen molar-refractivity contribution in [3.63, 3.8) is 0 Å². The molecule has 6 N–H and O–H groups in total. The van der Waals surface area contributed by atoms with E-state index in [2.05, 4.69) is 15.3 Å². The molecule has 11 heteroatoms. The SMILES string of the molecule is CC(C)C[C@H](N)B(O)O.CSCC[C@H](NC(=O)c1cnccn1)C(=O)O. The van der Waals surface area contributed by atoms with Crippen molar-refractivity contribution < 1.29 is 24.7 Å². The number of amides is 1. The number of hydrogen-bond donors (Lipinski definition) is 5. The molecule has 0 spiro atoms. The minimum absolute atomic E-state index is 0.114. The van der Waals surface area contributed by atoms with E-state index in [-0.39, 0.29) is 5.69 Å². The van der Waals surface area contributed by atoms with Gasteiger partial charge in [0, 0.05) is 18.3 Å². The molecule has 1 heterocycles.